The Morgan fingerprint density at radius 3 is 2.60 bits per heavy atom. The van der Waals surface area contributed by atoms with Crippen molar-refractivity contribution in [3.05, 3.63) is 63.0 Å². The zero-order valence-electron chi connectivity index (χ0n) is 14.2. The van der Waals surface area contributed by atoms with Crippen molar-refractivity contribution in [1.29, 1.82) is 0 Å². The monoisotopic (exact) mass is 356 g/mol. The van der Waals surface area contributed by atoms with Gasteiger partial charge in [-0.2, -0.15) is 0 Å². The fraction of sp³-hybridized carbons (Fsp3) is 0.316. The third-order valence-electron chi connectivity index (χ3n) is 4.26. The minimum atomic E-state index is -1.01. The van der Waals surface area contributed by atoms with Gasteiger partial charge in [-0.05, 0) is 24.5 Å². The standard InChI is InChI=1S/C19H20N2O3S/c1-3-13-11-14-17(25-13)20-16(10-12-8-6-5-7-9-12)21(18(14)22)15(4-2)19(23)24/h5-9,11,15H,3-4,10H2,1-2H3,(H,23,24). The Labute approximate surface area is 149 Å². The van der Waals surface area contributed by atoms with E-state index >= 15 is 0 Å². The van der Waals surface area contributed by atoms with Crippen molar-refractivity contribution in [2.75, 3.05) is 0 Å². The normalized spacial score (nSPS) is 12.4. The van der Waals surface area contributed by atoms with Crippen LogP contribution in [0.25, 0.3) is 10.2 Å². The van der Waals surface area contributed by atoms with E-state index in [1.54, 1.807) is 6.92 Å². The van der Waals surface area contributed by atoms with Crippen LogP contribution in [0.5, 0.6) is 0 Å². The van der Waals surface area contributed by atoms with E-state index in [9.17, 15) is 14.7 Å². The van der Waals surface area contributed by atoms with Gasteiger partial charge in [0, 0.05) is 11.3 Å². The van der Waals surface area contributed by atoms with Crippen LogP contribution in [-0.2, 0) is 17.6 Å². The number of carboxylic acid groups (broad SMARTS) is 1. The largest absolute Gasteiger partial charge is 0.480 e. The second-order valence-corrected chi connectivity index (χ2v) is 7.03. The Morgan fingerprint density at radius 1 is 1.28 bits per heavy atom. The molecule has 0 amide bonds. The Kier molecular flexibility index (Phi) is 4.99. The van der Waals surface area contributed by atoms with Gasteiger partial charge in [-0.25, -0.2) is 9.78 Å². The van der Waals surface area contributed by atoms with Gasteiger partial charge in [0.05, 0.1) is 5.39 Å². The number of rotatable bonds is 6. The molecule has 5 nitrogen and oxygen atoms in total. The molecule has 0 spiro atoms. The van der Waals surface area contributed by atoms with Crippen LogP contribution >= 0.6 is 11.3 Å². The van der Waals surface area contributed by atoms with Gasteiger partial charge in [0.15, 0.2) is 0 Å². The third kappa shape index (κ3) is 3.35. The highest BCUT2D eigenvalue weighted by atomic mass is 32.1. The van der Waals surface area contributed by atoms with Crippen LogP contribution in [0.4, 0.5) is 0 Å². The van der Waals surface area contributed by atoms with Crippen molar-refractivity contribution in [3.8, 4) is 0 Å². The van der Waals surface area contributed by atoms with Crippen LogP contribution in [0, 0.1) is 0 Å². The number of aryl methyl sites for hydroxylation is 1. The Bertz CT molecular complexity index is 960. The summed E-state index contributed by atoms with van der Waals surface area (Å²) in [4.78, 5) is 31.2. The van der Waals surface area contributed by atoms with Gasteiger partial charge in [0.1, 0.15) is 16.7 Å². The summed E-state index contributed by atoms with van der Waals surface area (Å²) in [6, 6.07) is 10.6. The molecule has 130 valence electrons. The molecule has 25 heavy (non-hydrogen) atoms. The highest BCUT2D eigenvalue weighted by Gasteiger charge is 2.24. The van der Waals surface area contributed by atoms with Crippen LogP contribution in [0.3, 0.4) is 0 Å². The average molecular weight is 356 g/mol. The highest BCUT2D eigenvalue weighted by Crippen LogP contribution is 2.24. The number of benzene rings is 1. The number of nitrogens with zero attached hydrogens (tertiary/aromatic N) is 2. The molecule has 0 aliphatic heterocycles. The van der Waals surface area contributed by atoms with E-state index in [-0.39, 0.29) is 5.56 Å². The average Bonchev–Trinajstić information content (AvgIpc) is 3.02. The van der Waals surface area contributed by atoms with Crippen molar-refractivity contribution in [2.45, 2.75) is 39.2 Å². The summed E-state index contributed by atoms with van der Waals surface area (Å²) >= 11 is 1.50. The highest BCUT2D eigenvalue weighted by molar-refractivity contribution is 7.18. The first-order valence-electron chi connectivity index (χ1n) is 8.35. The molecule has 0 fully saturated rings. The van der Waals surface area contributed by atoms with Crippen molar-refractivity contribution in [3.63, 3.8) is 0 Å². The van der Waals surface area contributed by atoms with Gasteiger partial charge in [0.2, 0.25) is 0 Å². The Morgan fingerprint density at radius 2 is 2.00 bits per heavy atom. The topological polar surface area (TPSA) is 72.2 Å². The third-order valence-corrected chi connectivity index (χ3v) is 5.43. The number of hydrogen-bond acceptors (Lipinski definition) is 4. The van der Waals surface area contributed by atoms with Crippen LogP contribution in [0.2, 0.25) is 0 Å². The van der Waals surface area contributed by atoms with Crippen molar-refractivity contribution in [1.82, 2.24) is 9.55 Å². The zero-order chi connectivity index (χ0) is 18.0. The van der Waals surface area contributed by atoms with Crippen molar-refractivity contribution >= 4 is 27.5 Å². The number of carboxylic acids is 1. The smallest absolute Gasteiger partial charge is 0.326 e. The summed E-state index contributed by atoms with van der Waals surface area (Å²) in [6.07, 6.45) is 1.58. The lowest BCUT2D eigenvalue weighted by Crippen LogP contribution is -2.33. The second kappa shape index (κ2) is 7.19. The molecule has 1 aromatic carbocycles. The summed E-state index contributed by atoms with van der Waals surface area (Å²) in [6.45, 7) is 3.80. The maximum absolute atomic E-state index is 13.0. The molecular weight excluding hydrogens is 336 g/mol. The number of fused-ring (bicyclic) bond motifs is 1. The predicted molar refractivity (Wildman–Crippen MR) is 99.5 cm³/mol. The molecule has 0 saturated carbocycles. The maximum atomic E-state index is 13.0. The molecule has 0 aliphatic carbocycles. The number of hydrogen-bond donors (Lipinski definition) is 1. The molecule has 1 N–H and O–H groups in total. The Hall–Kier alpha value is -2.47. The summed E-state index contributed by atoms with van der Waals surface area (Å²) in [5.74, 6) is -0.506. The summed E-state index contributed by atoms with van der Waals surface area (Å²) in [7, 11) is 0. The quantitative estimate of drug-likeness (QED) is 0.732. The summed E-state index contributed by atoms with van der Waals surface area (Å²) < 4.78 is 1.36. The molecule has 1 unspecified atom stereocenters. The van der Waals surface area contributed by atoms with Gasteiger partial charge in [-0.3, -0.25) is 9.36 Å². The van der Waals surface area contributed by atoms with Gasteiger partial charge < -0.3 is 5.11 Å². The first-order valence-corrected chi connectivity index (χ1v) is 9.17. The van der Waals surface area contributed by atoms with Gasteiger partial charge in [0.25, 0.3) is 5.56 Å². The molecule has 0 aliphatic rings. The minimum Gasteiger partial charge on any atom is -0.480 e. The molecule has 6 heteroatoms. The molecule has 0 saturated heterocycles. The molecule has 0 bridgehead atoms. The SMILES string of the molecule is CCc1cc2c(=O)n(C(CC)C(=O)O)c(Cc3ccccc3)nc2s1. The van der Waals surface area contributed by atoms with E-state index in [2.05, 4.69) is 4.98 Å². The lowest BCUT2D eigenvalue weighted by molar-refractivity contribution is -0.141. The molecule has 2 aromatic heterocycles. The van der Waals surface area contributed by atoms with E-state index in [1.807, 2.05) is 43.3 Å². The minimum absolute atomic E-state index is 0.263. The second-order valence-electron chi connectivity index (χ2n) is 5.91. The van der Waals surface area contributed by atoms with Gasteiger partial charge in [-0.15, -0.1) is 11.3 Å². The number of carbonyl (C=O) groups is 1. The summed E-state index contributed by atoms with van der Waals surface area (Å²) in [5.41, 5.74) is 0.733. The van der Waals surface area contributed by atoms with E-state index in [0.717, 1.165) is 16.9 Å². The molecular formula is C19H20N2O3S. The molecule has 1 atom stereocenters. The fourth-order valence-electron chi connectivity index (χ4n) is 2.95. The molecule has 0 radical (unpaired) electrons. The lowest BCUT2D eigenvalue weighted by atomic mass is 10.1. The van der Waals surface area contributed by atoms with Crippen LogP contribution < -0.4 is 5.56 Å². The van der Waals surface area contributed by atoms with Gasteiger partial charge >= 0.3 is 5.97 Å². The molecule has 3 rings (SSSR count). The van der Waals surface area contributed by atoms with Crippen molar-refractivity contribution < 1.29 is 9.90 Å². The van der Waals surface area contributed by atoms with E-state index in [0.29, 0.717) is 28.9 Å². The Balaban J connectivity index is 2.24. The predicted octanol–water partition coefficient (Wildman–Crippen LogP) is 3.65. The fourth-order valence-corrected chi connectivity index (χ4v) is 3.93. The van der Waals surface area contributed by atoms with E-state index in [4.69, 9.17) is 0 Å². The first kappa shape index (κ1) is 17.4. The van der Waals surface area contributed by atoms with Crippen LogP contribution in [0.1, 0.15) is 42.6 Å². The number of thiophene rings is 1. The number of aliphatic carboxylic acids is 1. The zero-order valence-corrected chi connectivity index (χ0v) is 15.0. The first-order chi connectivity index (χ1) is 12.0. The number of aromatic nitrogens is 2. The molecule has 3 aromatic rings. The van der Waals surface area contributed by atoms with E-state index < -0.39 is 12.0 Å². The van der Waals surface area contributed by atoms with Crippen molar-refractivity contribution in [2.24, 2.45) is 0 Å². The van der Waals surface area contributed by atoms with Gasteiger partial charge in [-0.1, -0.05) is 44.2 Å². The van der Waals surface area contributed by atoms with Crippen LogP contribution in [-0.4, -0.2) is 20.6 Å². The molecule has 2 heterocycles. The lowest BCUT2D eigenvalue weighted by Gasteiger charge is -2.18. The van der Waals surface area contributed by atoms with Crippen LogP contribution in [0.15, 0.2) is 41.2 Å². The summed E-state index contributed by atoms with van der Waals surface area (Å²) in [5, 5.41) is 10.1. The maximum Gasteiger partial charge on any atom is 0.326 e. The van der Waals surface area contributed by atoms with E-state index in [1.165, 1.54) is 15.9 Å².